The fourth-order valence-corrected chi connectivity index (χ4v) is 1.74. The smallest absolute Gasteiger partial charge is 0.161 e. The molecule has 102 valence electrons. The van der Waals surface area contributed by atoms with Crippen LogP contribution in [0.4, 0.5) is 0 Å². The van der Waals surface area contributed by atoms with Gasteiger partial charge < -0.3 is 26.0 Å². The van der Waals surface area contributed by atoms with Gasteiger partial charge in [0.05, 0.1) is 19.8 Å². The van der Waals surface area contributed by atoms with E-state index in [2.05, 4.69) is 0 Å². The number of hydrogen-bond acceptors (Lipinski definition) is 5. The van der Waals surface area contributed by atoms with Gasteiger partial charge in [0.2, 0.25) is 0 Å². The van der Waals surface area contributed by atoms with Crippen LogP contribution >= 0.6 is 0 Å². The summed E-state index contributed by atoms with van der Waals surface area (Å²) in [5.41, 5.74) is 12.0. The maximum absolute atomic E-state index is 10.1. The minimum Gasteiger partial charge on any atom is -0.493 e. The molecule has 2 atom stereocenters. The Balaban J connectivity index is 2.90. The molecule has 5 nitrogen and oxygen atoms in total. The second-order valence-electron chi connectivity index (χ2n) is 4.03. The number of aliphatic hydroxyl groups excluding tert-OH is 1. The molecule has 2 unspecified atom stereocenters. The summed E-state index contributed by atoms with van der Waals surface area (Å²) in [5.74, 6) is 1.25. The third-order valence-electron chi connectivity index (χ3n) is 2.73. The normalized spacial score (nSPS) is 14.1. The minimum absolute atomic E-state index is 0.377. The van der Waals surface area contributed by atoms with E-state index >= 15 is 0 Å². The summed E-state index contributed by atoms with van der Waals surface area (Å²) in [7, 11) is 1.56. The topological polar surface area (TPSA) is 90.7 Å². The molecule has 0 saturated heterocycles. The number of nitrogens with two attached hydrogens (primary N) is 2. The van der Waals surface area contributed by atoms with Crippen molar-refractivity contribution in [2.75, 3.05) is 20.3 Å². The van der Waals surface area contributed by atoms with E-state index in [4.69, 9.17) is 20.9 Å². The lowest BCUT2D eigenvalue weighted by molar-refractivity contribution is 0.142. The van der Waals surface area contributed by atoms with Gasteiger partial charge in [-0.3, -0.25) is 0 Å². The first-order chi connectivity index (χ1) is 8.63. The zero-order valence-corrected chi connectivity index (χ0v) is 10.9. The molecule has 18 heavy (non-hydrogen) atoms. The van der Waals surface area contributed by atoms with Crippen LogP contribution in [-0.2, 0) is 0 Å². The van der Waals surface area contributed by atoms with Crippen LogP contribution in [0.15, 0.2) is 18.2 Å². The molecule has 0 amide bonds. The molecule has 0 aliphatic carbocycles. The van der Waals surface area contributed by atoms with Crippen LogP contribution in [0.3, 0.4) is 0 Å². The van der Waals surface area contributed by atoms with Crippen molar-refractivity contribution in [3.63, 3.8) is 0 Å². The van der Waals surface area contributed by atoms with Crippen molar-refractivity contribution in [2.45, 2.75) is 25.5 Å². The molecule has 0 spiro atoms. The third-order valence-corrected chi connectivity index (χ3v) is 2.73. The van der Waals surface area contributed by atoms with Gasteiger partial charge in [0.1, 0.15) is 0 Å². The zero-order valence-electron chi connectivity index (χ0n) is 10.9. The van der Waals surface area contributed by atoms with Crippen molar-refractivity contribution in [1.29, 1.82) is 0 Å². The van der Waals surface area contributed by atoms with Crippen LogP contribution in [0.1, 0.15) is 25.0 Å². The van der Waals surface area contributed by atoms with Gasteiger partial charge in [-0.25, -0.2) is 0 Å². The lowest BCUT2D eigenvalue weighted by atomic mass is 10.00. The molecule has 5 N–H and O–H groups in total. The highest BCUT2D eigenvalue weighted by molar-refractivity contribution is 5.43. The lowest BCUT2D eigenvalue weighted by Gasteiger charge is -2.20. The maximum Gasteiger partial charge on any atom is 0.161 e. The number of benzene rings is 1. The monoisotopic (exact) mass is 254 g/mol. The van der Waals surface area contributed by atoms with Crippen LogP contribution in [0.25, 0.3) is 0 Å². The van der Waals surface area contributed by atoms with Gasteiger partial charge in [-0.1, -0.05) is 6.07 Å². The Morgan fingerprint density at radius 3 is 2.61 bits per heavy atom. The molecule has 0 saturated carbocycles. The quantitative estimate of drug-likeness (QED) is 0.669. The van der Waals surface area contributed by atoms with Gasteiger partial charge in [0.15, 0.2) is 11.5 Å². The maximum atomic E-state index is 10.1. The molecular formula is C13H22N2O3. The molecule has 0 aliphatic heterocycles. The summed E-state index contributed by atoms with van der Waals surface area (Å²) in [4.78, 5) is 0. The Morgan fingerprint density at radius 1 is 1.33 bits per heavy atom. The largest absolute Gasteiger partial charge is 0.493 e. The molecule has 1 aromatic carbocycles. The minimum atomic E-state index is -0.752. The molecule has 1 aromatic rings. The second kappa shape index (κ2) is 7.20. The number of rotatable bonds is 7. The fraction of sp³-hybridized carbons (Fsp3) is 0.538. The summed E-state index contributed by atoms with van der Waals surface area (Å²) in [6.45, 7) is 2.91. The van der Waals surface area contributed by atoms with Crippen molar-refractivity contribution in [3.8, 4) is 11.5 Å². The van der Waals surface area contributed by atoms with Crippen LogP contribution in [0.5, 0.6) is 11.5 Å². The van der Waals surface area contributed by atoms with Gasteiger partial charge in [-0.2, -0.15) is 0 Å². The zero-order chi connectivity index (χ0) is 13.5. The van der Waals surface area contributed by atoms with E-state index in [-0.39, 0.29) is 6.04 Å². The molecule has 0 fully saturated rings. The van der Waals surface area contributed by atoms with Crippen molar-refractivity contribution in [2.24, 2.45) is 11.5 Å². The van der Waals surface area contributed by atoms with Gasteiger partial charge in [0, 0.05) is 6.04 Å². The summed E-state index contributed by atoms with van der Waals surface area (Å²) in [6, 6.07) is 4.93. The third kappa shape index (κ3) is 3.60. The predicted octanol–water partition coefficient (Wildman–Crippen LogP) is 0.803. The van der Waals surface area contributed by atoms with E-state index in [1.807, 2.05) is 6.92 Å². The first-order valence-electron chi connectivity index (χ1n) is 6.08. The highest BCUT2D eigenvalue weighted by Gasteiger charge is 2.18. The Kier molecular flexibility index (Phi) is 5.91. The van der Waals surface area contributed by atoms with Gasteiger partial charge in [-0.05, 0) is 37.6 Å². The van der Waals surface area contributed by atoms with Crippen LogP contribution in [0.2, 0.25) is 0 Å². The number of ether oxygens (including phenoxy) is 2. The summed E-state index contributed by atoms with van der Waals surface area (Å²) < 4.78 is 10.6. The molecule has 0 heterocycles. The summed E-state index contributed by atoms with van der Waals surface area (Å²) >= 11 is 0. The van der Waals surface area contributed by atoms with Gasteiger partial charge in [-0.15, -0.1) is 0 Å². The SMILES string of the molecule is CCOc1ccc(C(O)C(N)CCN)cc1OC. The standard InChI is InChI=1S/C13H22N2O3/c1-3-18-11-5-4-9(8-12(11)17-2)13(16)10(15)6-7-14/h4-5,8,10,13,16H,3,6-7,14-15H2,1-2H3. The Bertz CT molecular complexity index is 371. The number of methoxy groups -OCH3 is 1. The van der Waals surface area contributed by atoms with Crippen molar-refractivity contribution >= 4 is 0 Å². The summed E-state index contributed by atoms with van der Waals surface area (Å²) in [5, 5.41) is 10.1. The van der Waals surface area contributed by atoms with E-state index < -0.39 is 6.10 Å². The van der Waals surface area contributed by atoms with Crippen molar-refractivity contribution in [3.05, 3.63) is 23.8 Å². The van der Waals surface area contributed by atoms with E-state index in [1.165, 1.54) is 0 Å². The van der Waals surface area contributed by atoms with Crippen molar-refractivity contribution in [1.82, 2.24) is 0 Å². The van der Waals surface area contributed by atoms with E-state index in [1.54, 1.807) is 25.3 Å². The van der Waals surface area contributed by atoms with Crippen molar-refractivity contribution < 1.29 is 14.6 Å². The van der Waals surface area contributed by atoms with Crippen LogP contribution in [0, 0.1) is 0 Å². The molecule has 0 aliphatic rings. The van der Waals surface area contributed by atoms with Crippen LogP contribution in [-0.4, -0.2) is 31.4 Å². The van der Waals surface area contributed by atoms with E-state index in [0.29, 0.717) is 36.6 Å². The average molecular weight is 254 g/mol. The number of aliphatic hydroxyl groups is 1. The molecule has 0 aromatic heterocycles. The van der Waals surface area contributed by atoms with E-state index in [9.17, 15) is 5.11 Å². The second-order valence-corrected chi connectivity index (χ2v) is 4.03. The predicted molar refractivity (Wildman–Crippen MR) is 70.8 cm³/mol. The van der Waals surface area contributed by atoms with Crippen LogP contribution < -0.4 is 20.9 Å². The molecule has 5 heteroatoms. The number of hydrogen-bond donors (Lipinski definition) is 3. The first-order valence-corrected chi connectivity index (χ1v) is 6.08. The lowest BCUT2D eigenvalue weighted by Crippen LogP contribution is -2.30. The highest BCUT2D eigenvalue weighted by Crippen LogP contribution is 2.31. The summed E-state index contributed by atoms with van der Waals surface area (Å²) in [6.07, 6.45) is -0.186. The Hall–Kier alpha value is -1.30. The molecule has 0 radical (unpaired) electrons. The molecule has 1 rings (SSSR count). The van der Waals surface area contributed by atoms with E-state index in [0.717, 1.165) is 0 Å². The highest BCUT2D eigenvalue weighted by atomic mass is 16.5. The fourth-order valence-electron chi connectivity index (χ4n) is 1.74. The Labute approximate surface area is 108 Å². The molecular weight excluding hydrogens is 232 g/mol. The Morgan fingerprint density at radius 2 is 2.06 bits per heavy atom. The average Bonchev–Trinajstić information content (AvgIpc) is 2.39. The first kappa shape index (κ1) is 14.8. The molecule has 0 bridgehead atoms. The van der Waals surface area contributed by atoms with Gasteiger partial charge >= 0.3 is 0 Å². The van der Waals surface area contributed by atoms with Gasteiger partial charge in [0.25, 0.3) is 0 Å².